The highest BCUT2D eigenvalue weighted by Crippen LogP contribution is 2.21. The second-order valence-electron chi connectivity index (χ2n) is 4.15. The fraction of sp³-hybridized carbons (Fsp3) is 0.0714. The van der Waals surface area contributed by atoms with Gasteiger partial charge >= 0.3 is 0 Å². The van der Waals surface area contributed by atoms with Crippen molar-refractivity contribution in [3.63, 3.8) is 0 Å². The predicted molar refractivity (Wildman–Crippen MR) is 77.6 cm³/mol. The molecule has 0 radical (unpaired) electrons. The lowest BCUT2D eigenvalue weighted by atomic mass is 10.1. The molecule has 98 valence electrons. The van der Waals surface area contributed by atoms with Gasteiger partial charge in [0, 0.05) is 16.9 Å². The van der Waals surface area contributed by atoms with E-state index in [2.05, 4.69) is 21.2 Å². The number of hydrogen-bond donors (Lipinski definition) is 2. The Labute approximate surface area is 118 Å². The number of rotatable bonds is 2. The first kappa shape index (κ1) is 13.5. The van der Waals surface area contributed by atoms with Gasteiger partial charge in [-0.15, -0.1) is 0 Å². The van der Waals surface area contributed by atoms with Crippen molar-refractivity contribution >= 4 is 33.2 Å². The van der Waals surface area contributed by atoms with Crippen molar-refractivity contribution in [1.82, 2.24) is 0 Å². The third kappa shape index (κ3) is 3.12. The van der Waals surface area contributed by atoms with Crippen LogP contribution >= 0.6 is 15.9 Å². The monoisotopic (exact) mass is 322 g/mol. The summed E-state index contributed by atoms with van der Waals surface area (Å²) < 4.78 is 13.4. The van der Waals surface area contributed by atoms with Crippen LogP contribution in [0.1, 0.15) is 15.9 Å². The first-order valence-electron chi connectivity index (χ1n) is 5.60. The zero-order valence-electron chi connectivity index (χ0n) is 10.2. The minimum Gasteiger partial charge on any atom is -0.398 e. The lowest BCUT2D eigenvalue weighted by molar-refractivity contribution is 0.102. The van der Waals surface area contributed by atoms with Crippen molar-refractivity contribution in [3.05, 3.63) is 57.8 Å². The number of carbonyl (C=O) groups excluding carboxylic acids is 1. The zero-order valence-corrected chi connectivity index (χ0v) is 11.8. The van der Waals surface area contributed by atoms with Crippen LogP contribution in [0, 0.1) is 12.7 Å². The lowest BCUT2D eigenvalue weighted by Crippen LogP contribution is -2.12. The van der Waals surface area contributed by atoms with E-state index in [1.54, 1.807) is 18.2 Å². The number of carbonyl (C=O) groups is 1. The Morgan fingerprint density at radius 2 is 2.00 bits per heavy atom. The van der Waals surface area contributed by atoms with Gasteiger partial charge in [0.05, 0.1) is 4.47 Å². The lowest BCUT2D eigenvalue weighted by Gasteiger charge is -2.07. The maximum Gasteiger partial charge on any atom is 0.255 e. The van der Waals surface area contributed by atoms with Gasteiger partial charge in [-0.1, -0.05) is 6.07 Å². The van der Waals surface area contributed by atoms with E-state index < -0.39 is 0 Å². The minimum absolute atomic E-state index is 0.287. The molecule has 19 heavy (non-hydrogen) atoms. The van der Waals surface area contributed by atoms with Crippen LogP contribution in [0.15, 0.2) is 40.9 Å². The maximum absolute atomic E-state index is 13.1. The van der Waals surface area contributed by atoms with Gasteiger partial charge in [-0.2, -0.15) is 0 Å². The highest BCUT2D eigenvalue weighted by atomic mass is 79.9. The van der Waals surface area contributed by atoms with Gasteiger partial charge in [0.25, 0.3) is 5.91 Å². The van der Waals surface area contributed by atoms with E-state index >= 15 is 0 Å². The molecule has 3 N–H and O–H groups in total. The number of benzene rings is 2. The van der Waals surface area contributed by atoms with Crippen molar-refractivity contribution < 1.29 is 9.18 Å². The van der Waals surface area contributed by atoms with E-state index in [1.165, 1.54) is 18.2 Å². The molecule has 0 aromatic heterocycles. The normalized spacial score (nSPS) is 10.3. The van der Waals surface area contributed by atoms with Crippen LogP contribution in [0.3, 0.4) is 0 Å². The number of hydrogen-bond acceptors (Lipinski definition) is 2. The summed E-state index contributed by atoms with van der Waals surface area (Å²) in [5.41, 5.74) is 8.21. The highest BCUT2D eigenvalue weighted by molar-refractivity contribution is 9.10. The van der Waals surface area contributed by atoms with E-state index in [0.29, 0.717) is 21.4 Å². The van der Waals surface area contributed by atoms with Crippen LogP contribution in [0.25, 0.3) is 0 Å². The topological polar surface area (TPSA) is 55.1 Å². The summed E-state index contributed by atoms with van der Waals surface area (Å²) in [6.45, 7) is 1.87. The third-order valence-corrected chi connectivity index (χ3v) is 3.33. The summed E-state index contributed by atoms with van der Waals surface area (Å²) >= 11 is 3.07. The average Bonchev–Trinajstić information content (AvgIpc) is 2.37. The Balaban J connectivity index is 2.20. The summed E-state index contributed by atoms with van der Waals surface area (Å²) in [5.74, 6) is -0.664. The van der Waals surface area contributed by atoms with Gasteiger partial charge in [-0.05, 0) is 58.7 Å². The molecule has 0 aliphatic rings. The molecule has 2 aromatic rings. The van der Waals surface area contributed by atoms with Crippen molar-refractivity contribution in [1.29, 1.82) is 0 Å². The molecule has 0 heterocycles. The highest BCUT2D eigenvalue weighted by Gasteiger charge is 2.08. The molecule has 5 heteroatoms. The van der Waals surface area contributed by atoms with Crippen LogP contribution in [0.5, 0.6) is 0 Å². The second kappa shape index (κ2) is 5.40. The zero-order chi connectivity index (χ0) is 14.0. The predicted octanol–water partition coefficient (Wildman–Crippen LogP) is 3.73. The molecule has 0 saturated carbocycles. The molecule has 0 aliphatic heterocycles. The Morgan fingerprint density at radius 1 is 1.26 bits per heavy atom. The summed E-state index contributed by atoms with van der Waals surface area (Å²) in [7, 11) is 0. The second-order valence-corrected chi connectivity index (χ2v) is 5.01. The number of anilines is 2. The summed E-state index contributed by atoms with van der Waals surface area (Å²) in [6.07, 6.45) is 0. The number of nitrogens with two attached hydrogens (primary N) is 1. The van der Waals surface area contributed by atoms with E-state index in [4.69, 9.17) is 5.73 Å². The van der Waals surface area contributed by atoms with Gasteiger partial charge in [0.2, 0.25) is 0 Å². The van der Waals surface area contributed by atoms with Crippen molar-refractivity contribution in [2.75, 3.05) is 11.1 Å². The van der Waals surface area contributed by atoms with Gasteiger partial charge in [0.15, 0.2) is 0 Å². The SMILES string of the molecule is Cc1ccc(C(=O)Nc2ccc(F)c(Br)c2)cc1N. The molecule has 0 fully saturated rings. The van der Waals surface area contributed by atoms with Crippen LogP contribution in [0.2, 0.25) is 0 Å². The van der Waals surface area contributed by atoms with Crippen molar-refractivity contribution in [2.45, 2.75) is 6.92 Å². The van der Waals surface area contributed by atoms with Crippen LogP contribution in [0.4, 0.5) is 15.8 Å². The van der Waals surface area contributed by atoms with E-state index in [1.807, 2.05) is 6.92 Å². The quantitative estimate of drug-likeness (QED) is 0.828. The minimum atomic E-state index is -0.377. The summed E-state index contributed by atoms with van der Waals surface area (Å²) in [4.78, 5) is 12.0. The standard InChI is InChI=1S/C14H12BrFN2O/c1-8-2-3-9(6-13(8)17)14(19)18-10-4-5-12(16)11(15)7-10/h2-7H,17H2,1H3,(H,18,19). The third-order valence-electron chi connectivity index (χ3n) is 2.72. The molecular weight excluding hydrogens is 311 g/mol. The van der Waals surface area contributed by atoms with Crippen molar-refractivity contribution in [3.8, 4) is 0 Å². The molecule has 1 amide bonds. The molecule has 0 spiro atoms. The van der Waals surface area contributed by atoms with E-state index in [0.717, 1.165) is 5.56 Å². The van der Waals surface area contributed by atoms with E-state index in [-0.39, 0.29) is 11.7 Å². The molecule has 0 saturated heterocycles. The first-order chi connectivity index (χ1) is 8.97. The maximum atomic E-state index is 13.1. The van der Waals surface area contributed by atoms with Crippen LogP contribution in [-0.2, 0) is 0 Å². The summed E-state index contributed by atoms with van der Waals surface area (Å²) in [5, 5.41) is 2.68. The Kier molecular flexibility index (Phi) is 3.85. The van der Waals surface area contributed by atoms with Gasteiger partial charge in [0.1, 0.15) is 5.82 Å². The molecule has 0 aliphatic carbocycles. The molecule has 0 unspecified atom stereocenters. The van der Waals surface area contributed by atoms with Gasteiger partial charge in [-0.25, -0.2) is 4.39 Å². The number of aryl methyl sites for hydroxylation is 1. The van der Waals surface area contributed by atoms with Gasteiger partial charge < -0.3 is 11.1 Å². The number of nitrogen functional groups attached to an aromatic ring is 1. The Bertz CT molecular complexity index is 643. The fourth-order valence-corrected chi connectivity index (χ4v) is 1.94. The van der Waals surface area contributed by atoms with Crippen LogP contribution < -0.4 is 11.1 Å². The molecule has 0 bridgehead atoms. The largest absolute Gasteiger partial charge is 0.398 e. The molecule has 2 aromatic carbocycles. The number of halogens is 2. The molecule has 3 nitrogen and oxygen atoms in total. The fourth-order valence-electron chi connectivity index (χ4n) is 1.56. The smallest absolute Gasteiger partial charge is 0.255 e. The van der Waals surface area contributed by atoms with Crippen LogP contribution in [-0.4, -0.2) is 5.91 Å². The number of nitrogens with one attached hydrogen (secondary N) is 1. The Hall–Kier alpha value is -1.88. The van der Waals surface area contributed by atoms with Gasteiger partial charge in [-0.3, -0.25) is 4.79 Å². The molecule has 2 rings (SSSR count). The van der Waals surface area contributed by atoms with E-state index in [9.17, 15) is 9.18 Å². The van der Waals surface area contributed by atoms with Crippen molar-refractivity contribution in [2.24, 2.45) is 0 Å². The number of amides is 1. The average molecular weight is 323 g/mol. The Morgan fingerprint density at radius 3 is 2.63 bits per heavy atom. The summed E-state index contributed by atoms with van der Waals surface area (Å²) in [6, 6.07) is 9.37. The molecule has 0 atom stereocenters. The first-order valence-corrected chi connectivity index (χ1v) is 6.39. The molecular formula is C14H12BrFN2O.